The molecule has 0 aliphatic rings. The number of aromatic nitrogens is 2. The van der Waals surface area contributed by atoms with E-state index in [-0.39, 0.29) is 0 Å². The van der Waals surface area contributed by atoms with Crippen LogP contribution in [0.5, 0.6) is 17.4 Å². The maximum Gasteiger partial charge on any atom is 0.407 e. The van der Waals surface area contributed by atoms with Crippen LogP contribution in [-0.4, -0.2) is 62.1 Å². The van der Waals surface area contributed by atoms with Crippen LogP contribution in [0, 0.1) is 0 Å². The van der Waals surface area contributed by atoms with Crippen LogP contribution in [0.4, 0.5) is 4.79 Å². The van der Waals surface area contributed by atoms with Gasteiger partial charge in [0.1, 0.15) is 30.3 Å². The normalized spacial score (nSPS) is 11.1. The van der Waals surface area contributed by atoms with Crippen molar-refractivity contribution >= 4 is 6.09 Å². The maximum absolute atomic E-state index is 11.7. The molecule has 0 spiro atoms. The van der Waals surface area contributed by atoms with Gasteiger partial charge in [-0.05, 0) is 69.3 Å². The van der Waals surface area contributed by atoms with E-state index in [4.69, 9.17) is 23.7 Å². The van der Waals surface area contributed by atoms with Crippen molar-refractivity contribution in [1.82, 2.24) is 15.1 Å². The first kappa shape index (κ1) is 25.9. The predicted molar refractivity (Wildman–Crippen MR) is 133 cm³/mol. The zero-order valence-corrected chi connectivity index (χ0v) is 20.9. The average Bonchev–Trinajstić information content (AvgIpc) is 3.25. The van der Waals surface area contributed by atoms with Crippen LogP contribution in [0.25, 0.3) is 16.9 Å². The summed E-state index contributed by atoms with van der Waals surface area (Å²) in [4.78, 5) is 11.7. The molecule has 0 bridgehead atoms. The molecule has 0 saturated heterocycles. The molecule has 188 valence electrons. The number of amides is 1. The molecular weight excluding hydrogens is 450 g/mol. The molecule has 9 heteroatoms. The zero-order valence-electron chi connectivity index (χ0n) is 20.9. The first-order valence-corrected chi connectivity index (χ1v) is 11.4. The number of rotatable bonds is 11. The molecule has 0 aliphatic carbocycles. The van der Waals surface area contributed by atoms with Gasteiger partial charge in [0.2, 0.25) is 5.88 Å². The summed E-state index contributed by atoms with van der Waals surface area (Å²) >= 11 is 0. The van der Waals surface area contributed by atoms with E-state index in [9.17, 15) is 4.79 Å². The summed E-state index contributed by atoms with van der Waals surface area (Å²) in [5.41, 5.74) is 2.14. The highest BCUT2D eigenvalue weighted by Gasteiger charge is 2.16. The monoisotopic (exact) mass is 483 g/mol. The molecule has 0 fully saturated rings. The summed E-state index contributed by atoms with van der Waals surface area (Å²) in [5, 5.41) is 7.30. The minimum absolute atomic E-state index is 0.319. The van der Waals surface area contributed by atoms with E-state index in [0.29, 0.717) is 38.0 Å². The molecule has 1 aromatic heterocycles. The fourth-order valence-electron chi connectivity index (χ4n) is 3.14. The molecule has 35 heavy (non-hydrogen) atoms. The van der Waals surface area contributed by atoms with Gasteiger partial charge in [0.15, 0.2) is 0 Å². The highest BCUT2D eigenvalue weighted by atomic mass is 16.6. The lowest BCUT2D eigenvalue weighted by Gasteiger charge is -2.19. The van der Waals surface area contributed by atoms with Crippen LogP contribution in [-0.2, 0) is 9.47 Å². The quantitative estimate of drug-likeness (QED) is 0.402. The van der Waals surface area contributed by atoms with Gasteiger partial charge in [0.05, 0.1) is 31.6 Å². The highest BCUT2D eigenvalue weighted by molar-refractivity contribution is 5.67. The van der Waals surface area contributed by atoms with E-state index >= 15 is 0 Å². The molecule has 0 saturated carbocycles. The van der Waals surface area contributed by atoms with Crippen molar-refractivity contribution in [3.63, 3.8) is 0 Å². The molecule has 0 unspecified atom stereocenters. The Labute approximate surface area is 205 Å². The second-order valence-electron chi connectivity index (χ2n) is 8.62. The predicted octanol–water partition coefficient (Wildman–Crippen LogP) is 4.48. The molecule has 9 nitrogen and oxygen atoms in total. The largest absolute Gasteiger partial charge is 0.497 e. The Kier molecular flexibility index (Phi) is 8.97. The number of ether oxygens (including phenoxy) is 5. The maximum atomic E-state index is 11.7. The van der Waals surface area contributed by atoms with E-state index < -0.39 is 11.7 Å². The lowest BCUT2D eigenvalue weighted by atomic mass is 10.1. The van der Waals surface area contributed by atoms with Crippen LogP contribution in [0.3, 0.4) is 0 Å². The third-order valence-corrected chi connectivity index (χ3v) is 4.73. The SMILES string of the molecule is COCCOc1cc(-c2ccc(OCCNC(=O)OC(C)(C)C)cc2)n(-c2ccc(OC)cc2)n1. The number of alkyl carbamates (subject to hydrolysis) is 1. The van der Waals surface area contributed by atoms with Crippen molar-refractivity contribution in [2.45, 2.75) is 26.4 Å². The van der Waals surface area contributed by atoms with Gasteiger partial charge in [-0.1, -0.05) is 0 Å². The van der Waals surface area contributed by atoms with Crippen molar-refractivity contribution < 1.29 is 28.5 Å². The van der Waals surface area contributed by atoms with Crippen LogP contribution in [0.1, 0.15) is 20.8 Å². The van der Waals surface area contributed by atoms with Crippen LogP contribution < -0.4 is 19.5 Å². The number of carbonyl (C=O) groups is 1. The second-order valence-corrected chi connectivity index (χ2v) is 8.62. The third kappa shape index (κ3) is 7.92. The minimum Gasteiger partial charge on any atom is -0.497 e. The smallest absolute Gasteiger partial charge is 0.407 e. The summed E-state index contributed by atoms with van der Waals surface area (Å²) in [6.45, 7) is 6.99. The first-order chi connectivity index (χ1) is 16.8. The number of methoxy groups -OCH3 is 2. The zero-order chi connectivity index (χ0) is 25.3. The number of nitrogens with zero attached hydrogens (tertiary/aromatic N) is 2. The van der Waals surface area contributed by atoms with Gasteiger partial charge in [-0.2, -0.15) is 0 Å². The van der Waals surface area contributed by atoms with Gasteiger partial charge in [0, 0.05) is 18.7 Å². The Balaban J connectivity index is 1.69. The Morgan fingerprint density at radius 3 is 2.23 bits per heavy atom. The summed E-state index contributed by atoms with van der Waals surface area (Å²) in [7, 11) is 3.26. The van der Waals surface area contributed by atoms with Gasteiger partial charge < -0.3 is 29.0 Å². The van der Waals surface area contributed by atoms with Crippen LogP contribution in [0.15, 0.2) is 54.6 Å². The molecule has 3 rings (SSSR count). The van der Waals surface area contributed by atoms with Crippen molar-refractivity contribution in [3.8, 4) is 34.3 Å². The Morgan fingerprint density at radius 2 is 1.60 bits per heavy atom. The highest BCUT2D eigenvalue weighted by Crippen LogP contribution is 2.29. The minimum atomic E-state index is -0.534. The van der Waals surface area contributed by atoms with E-state index in [1.165, 1.54) is 0 Å². The van der Waals surface area contributed by atoms with Crippen LogP contribution in [0.2, 0.25) is 0 Å². The Morgan fingerprint density at radius 1 is 0.914 bits per heavy atom. The fraction of sp³-hybridized carbons (Fsp3) is 0.385. The molecule has 0 aliphatic heterocycles. The summed E-state index contributed by atoms with van der Waals surface area (Å²) in [6.07, 6.45) is -0.466. The van der Waals surface area contributed by atoms with E-state index in [0.717, 1.165) is 22.7 Å². The van der Waals surface area contributed by atoms with E-state index in [1.54, 1.807) is 14.2 Å². The molecule has 1 heterocycles. The summed E-state index contributed by atoms with van der Waals surface area (Å²) in [6, 6.07) is 17.2. The summed E-state index contributed by atoms with van der Waals surface area (Å²) < 4.78 is 28.8. The molecule has 0 atom stereocenters. The molecule has 0 radical (unpaired) electrons. The van der Waals surface area contributed by atoms with Gasteiger partial charge in [-0.15, -0.1) is 5.10 Å². The molecule has 1 amide bonds. The number of hydrogen-bond donors (Lipinski definition) is 1. The first-order valence-electron chi connectivity index (χ1n) is 11.4. The standard InChI is InChI=1S/C26H33N3O6/c1-26(2,3)35-25(30)27-14-15-33-22-10-6-19(7-11-22)23-18-24(34-17-16-31-4)28-29(23)20-8-12-21(32-5)13-9-20/h6-13,18H,14-17H2,1-5H3,(H,27,30). The molecular formula is C26H33N3O6. The Bertz CT molecular complexity index is 1070. The average molecular weight is 484 g/mol. The number of benzene rings is 2. The van der Waals surface area contributed by atoms with Gasteiger partial charge in [-0.25, -0.2) is 9.48 Å². The number of nitrogens with one attached hydrogen (secondary N) is 1. The van der Waals surface area contributed by atoms with Gasteiger partial charge in [0.25, 0.3) is 0 Å². The van der Waals surface area contributed by atoms with Crippen molar-refractivity contribution in [2.24, 2.45) is 0 Å². The van der Waals surface area contributed by atoms with E-state index in [2.05, 4.69) is 10.4 Å². The van der Waals surface area contributed by atoms with Crippen molar-refractivity contribution in [3.05, 3.63) is 54.6 Å². The lowest BCUT2D eigenvalue weighted by molar-refractivity contribution is 0.0520. The fourth-order valence-corrected chi connectivity index (χ4v) is 3.14. The topological polar surface area (TPSA) is 93.1 Å². The summed E-state index contributed by atoms with van der Waals surface area (Å²) in [5.74, 6) is 1.95. The number of carbonyl (C=O) groups excluding carboxylic acids is 1. The molecule has 3 aromatic rings. The lowest BCUT2D eigenvalue weighted by Crippen LogP contribution is -2.34. The molecule has 1 N–H and O–H groups in total. The Hall–Kier alpha value is -3.72. The van der Waals surface area contributed by atoms with Crippen LogP contribution >= 0.6 is 0 Å². The third-order valence-electron chi connectivity index (χ3n) is 4.73. The number of hydrogen-bond acceptors (Lipinski definition) is 7. The molecule has 2 aromatic carbocycles. The van der Waals surface area contributed by atoms with E-state index in [1.807, 2.05) is 80.1 Å². The second kappa shape index (κ2) is 12.1. The van der Waals surface area contributed by atoms with Gasteiger partial charge >= 0.3 is 6.09 Å². The van der Waals surface area contributed by atoms with Crippen molar-refractivity contribution in [2.75, 3.05) is 40.6 Å². The van der Waals surface area contributed by atoms with Gasteiger partial charge in [-0.3, -0.25) is 0 Å². The van der Waals surface area contributed by atoms with Crippen molar-refractivity contribution in [1.29, 1.82) is 0 Å².